The molecule has 1 spiro atoms. The highest BCUT2D eigenvalue weighted by molar-refractivity contribution is 6.01. The fraction of sp³-hybridized carbons (Fsp3) is 0.562. The molecule has 0 aromatic heterocycles. The Hall–Kier alpha value is -1.51. The number of nitrogens with zero attached hydrogens (tertiary/aromatic N) is 1. The van der Waals surface area contributed by atoms with E-state index in [-0.39, 0.29) is 5.79 Å². The van der Waals surface area contributed by atoms with Gasteiger partial charge in [0.05, 0.1) is 0 Å². The number of hydrogen-bond acceptors (Lipinski definition) is 3. The van der Waals surface area contributed by atoms with Crippen LogP contribution in [0.1, 0.15) is 44.6 Å². The van der Waals surface area contributed by atoms with Crippen molar-refractivity contribution in [3.8, 4) is 11.5 Å². The van der Waals surface area contributed by atoms with Crippen LogP contribution in [0.5, 0.6) is 11.5 Å². The molecule has 3 nitrogen and oxygen atoms in total. The van der Waals surface area contributed by atoms with E-state index in [9.17, 15) is 0 Å². The summed E-state index contributed by atoms with van der Waals surface area (Å²) in [5.74, 6) is 2.19. The highest BCUT2D eigenvalue weighted by atomic mass is 16.7. The number of rotatable bonds is 1. The summed E-state index contributed by atoms with van der Waals surface area (Å²) in [7, 11) is 0. The number of ether oxygens (including phenoxy) is 2. The van der Waals surface area contributed by atoms with Crippen LogP contribution < -0.4 is 9.47 Å². The van der Waals surface area contributed by atoms with E-state index in [1.54, 1.807) is 0 Å². The number of benzene rings is 1. The fourth-order valence-electron chi connectivity index (χ4n) is 3.00. The summed E-state index contributed by atoms with van der Waals surface area (Å²) in [6, 6.07) is 6.27. The van der Waals surface area contributed by atoms with Crippen LogP contribution in [0.2, 0.25) is 0 Å². The Labute approximate surface area is 113 Å². The first-order valence-electron chi connectivity index (χ1n) is 7.30. The largest absolute Gasteiger partial charge is 0.448 e. The predicted octanol–water partition coefficient (Wildman–Crippen LogP) is 3.56. The first-order chi connectivity index (χ1) is 9.24. The Morgan fingerprint density at radius 1 is 1.21 bits per heavy atom. The lowest BCUT2D eigenvalue weighted by Crippen LogP contribution is -2.45. The maximum atomic E-state index is 6.01. The minimum absolute atomic E-state index is 0.330. The molecule has 3 aliphatic rings. The van der Waals surface area contributed by atoms with E-state index in [1.807, 2.05) is 6.07 Å². The van der Waals surface area contributed by atoms with Crippen LogP contribution in [0, 0.1) is 5.92 Å². The molecule has 1 aromatic carbocycles. The third-order valence-electron chi connectivity index (χ3n) is 4.45. The number of aliphatic imine (C=N–C) groups is 1. The third kappa shape index (κ3) is 1.83. The zero-order chi connectivity index (χ0) is 12.9. The van der Waals surface area contributed by atoms with E-state index < -0.39 is 0 Å². The Morgan fingerprint density at radius 3 is 2.74 bits per heavy atom. The highest BCUT2D eigenvalue weighted by Gasteiger charge is 2.47. The van der Waals surface area contributed by atoms with E-state index >= 15 is 0 Å². The number of fused-ring (bicyclic) bond motifs is 1. The van der Waals surface area contributed by atoms with Crippen molar-refractivity contribution in [2.75, 3.05) is 6.54 Å². The van der Waals surface area contributed by atoms with Crippen LogP contribution in [-0.4, -0.2) is 18.0 Å². The van der Waals surface area contributed by atoms with Gasteiger partial charge < -0.3 is 9.47 Å². The van der Waals surface area contributed by atoms with Gasteiger partial charge in [-0.3, -0.25) is 4.99 Å². The summed E-state index contributed by atoms with van der Waals surface area (Å²) < 4.78 is 11.9. The number of hydrogen-bond donors (Lipinski definition) is 0. The quantitative estimate of drug-likeness (QED) is 0.770. The molecule has 0 saturated heterocycles. The zero-order valence-electron chi connectivity index (χ0n) is 11.3. The molecule has 2 aliphatic heterocycles. The van der Waals surface area contributed by atoms with Gasteiger partial charge >= 0.3 is 0 Å². The van der Waals surface area contributed by atoms with Crippen LogP contribution in [0.25, 0.3) is 0 Å². The van der Waals surface area contributed by atoms with Crippen molar-refractivity contribution >= 4 is 5.71 Å². The molecular weight excluding hydrogens is 238 g/mol. The lowest BCUT2D eigenvalue weighted by molar-refractivity contribution is -0.138. The second kappa shape index (κ2) is 3.99. The van der Waals surface area contributed by atoms with Crippen molar-refractivity contribution in [2.24, 2.45) is 10.9 Å². The van der Waals surface area contributed by atoms with Gasteiger partial charge in [0.2, 0.25) is 0 Å². The standard InChI is InChI=1S/C16H19NO2/c1-11-3-5-13(17-10-11)12-4-6-14-15(9-12)19-16(18-14)7-2-8-16/h4,6,9,11H,2-3,5,7-8,10H2,1H3. The van der Waals surface area contributed by atoms with E-state index in [1.165, 1.54) is 24.1 Å². The van der Waals surface area contributed by atoms with Gasteiger partial charge in [0, 0.05) is 25.1 Å². The molecule has 4 rings (SSSR count). The van der Waals surface area contributed by atoms with Crippen molar-refractivity contribution in [2.45, 2.75) is 44.8 Å². The molecule has 0 amide bonds. The monoisotopic (exact) mass is 257 g/mol. The summed E-state index contributed by atoms with van der Waals surface area (Å²) in [6.07, 6.45) is 5.53. The van der Waals surface area contributed by atoms with Gasteiger partial charge in [-0.05, 0) is 48.9 Å². The molecule has 1 aromatic rings. The lowest BCUT2D eigenvalue weighted by Gasteiger charge is -2.35. The first kappa shape index (κ1) is 11.3. The molecule has 0 N–H and O–H groups in total. The smallest absolute Gasteiger partial charge is 0.251 e. The summed E-state index contributed by atoms with van der Waals surface area (Å²) in [5.41, 5.74) is 2.42. The van der Waals surface area contributed by atoms with Gasteiger partial charge in [-0.1, -0.05) is 6.92 Å². The SMILES string of the molecule is CC1CCC(c2ccc3c(c2)OC2(CCC2)O3)=NC1. The van der Waals surface area contributed by atoms with Crippen molar-refractivity contribution in [1.82, 2.24) is 0 Å². The van der Waals surface area contributed by atoms with Gasteiger partial charge in [-0.2, -0.15) is 0 Å². The molecule has 1 unspecified atom stereocenters. The summed E-state index contributed by atoms with van der Waals surface area (Å²) in [5, 5.41) is 0. The van der Waals surface area contributed by atoms with E-state index in [4.69, 9.17) is 14.5 Å². The van der Waals surface area contributed by atoms with Gasteiger partial charge in [-0.25, -0.2) is 0 Å². The fourth-order valence-corrected chi connectivity index (χ4v) is 3.00. The molecule has 0 radical (unpaired) electrons. The molecule has 2 heterocycles. The molecule has 1 atom stereocenters. The first-order valence-corrected chi connectivity index (χ1v) is 7.30. The summed E-state index contributed by atoms with van der Waals surface area (Å²) >= 11 is 0. The normalized spacial score (nSPS) is 27.0. The molecular formula is C16H19NO2. The third-order valence-corrected chi connectivity index (χ3v) is 4.45. The topological polar surface area (TPSA) is 30.8 Å². The zero-order valence-corrected chi connectivity index (χ0v) is 11.3. The Morgan fingerprint density at radius 2 is 2.05 bits per heavy atom. The Kier molecular flexibility index (Phi) is 2.38. The average molecular weight is 257 g/mol. The van der Waals surface area contributed by atoms with Crippen molar-refractivity contribution in [3.63, 3.8) is 0 Å². The Bertz CT molecular complexity index is 546. The second-order valence-electron chi connectivity index (χ2n) is 6.06. The van der Waals surface area contributed by atoms with Crippen molar-refractivity contribution < 1.29 is 9.47 Å². The van der Waals surface area contributed by atoms with Crippen LogP contribution >= 0.6 is 0 Å². The molecule has 100 valence electrons. The summed E-state index contributed by atoms with van der Waals surface area (Å²) in [4.78, 5) is 4.70. The van der Waals surface area contributed by atoms with E-state index in [0.29, 0.717) is 0 Å². The van der Waals surface area contributed by atoms with Gasteiger partial charge in [0.1, 0.15) is 0 Å². The maximum absolute atomic E-state index is 6.01. The lowest BCUT2D eigenvalue weighted by atomic mass is 9.91. The van der Waals surface area contributed by atoms with Crippen LogP contribution in [0.4, 0.5) is 0 Å². The maximum Gasteiger partial charge on any atom is 0.251 e. The van der Waals surface area contributed by atoms with Gasteiger partial charge in [-0.15, -0.1) is 0 Å². The van der Waals surface area contributed by atoms with Gasteiger partial charge in [0.25, 0.3) is 5.79 Å². The second-order valence-corrected chi connectivity index (χ2v) is 6.06. The molecule has 3 heteroatoms. The van der Waals surface area contributed by atoms with Crippen LogP contribution in [0.15, 0.2) is 23.2 Å². The van der Waals surface area contributed by atoms with E-state index in [2.05, 4.69) is 19.1 Å². The van der Waals surface area contributed by atoms with Gasteiger partial charge in [0.15, 0.2) is 11.5 Å². The van der Waals surface area contributed by atoms with Crippen molar-refractivity contribution in [1.29, 1.82) is 0 Å². The minimum Gasteiger partial charge on any atom is -0.448 e. The van der Waals surface area contributed by atoms with Crippen LogP contribution in [0.3, 0.4) is 0 Å². The average Bonchev–Trinajstić information content (AvgIpc) is 2.78. The van der Waals surface area contributed by atoms with E-state index in [0.717, 1.165) is 43.2 Å². The molecule has 0 bridgehead atoms. The Balaban J connectivity index is 1.61. The summed E-state index contributed by atoms with van der Waals surface area (Å²) in [6.45, 7) is 3.22. The molecule has 1 saturated carbocycles. The molecule has 19 heavy (non-hydrogen) atoms. The highest BCUT2D eigenvalue weighted by Crippen LogP contribution is 2.48. The minimum atomic E-state index is -0.330. The predicted molar refractivity (Wildman–Crippen MR) is 74.1 cm³/mol. The molecule has 1 aliphatic carbocycles. The van der Waals surface area contributed by atoms with Crippen molar-refractivity contribution in [3.05, 3.63) is 23.8 Å². The van der Waals surface area contributed by atoms with Crippen LogP contribution in [-0.2, 0) is 0 Å². The molecule has 1 fully saturated rings.